The van der Waals surface area contributed by atoms with Gasteiger partial charge in [0.05, 0.1) is 0 Å². The molecule has 0 radical (unpaired) electrons. The molecule has 0 N–H and O–H groups in total. The van der Waals surface area contributed by atoms with Gasteiger partial charge in [-0.1, -0.05) is 48.5 Å². The predicted octanol–water partition coefficient (Wildman–Crippen LogP) is 4.82. The molecular formula is C21H17NO. The molecule has 1 amide bonds. The zero-order valence-electron chi connectivity index (χ0n) is 12.9. The molecule has 1 fully saturated rings. The summed E-state index contributed by atoms with van der Waals surface area (Å²) in [5.41, 5.74) is 0.845. The summed E-state index contributed by atoms with van der Waals surface area (Å²) in [7, 11) is 0. The Labute approximate surface area is 134 Å². The summed E-state index contributed by atoms with van der Waals surface area (Å²) < 4.78 is 0. The van der Waals surface area contributed by atoms with Crippen LogP contribution in [0.5, 0.6) is 0 Å². The molecule has 0 bridgehead atoms. The number of hydrogen-bond donors (Lipinski definition) is 0. The van der Waals surface area contributed by atoms with Crippen LogP contribution in [-0.2, 0) is 0 Å². The van der Waals surface area contributed by atoms with Crippen molar-refractivity contribution in [3.05, 3.63) is 60.2 Å². The maximum Gasteiger partial charge on any atom is 0.254 e. The van der Waals surface area contributed by atoms with E-state index in [2.05, 4.69) is 48.5 Å². The zero-order chi connectivity index (χ0) is 15.4. The lowest BCUT2D eigenvalue weighted by molar-refractivity contribution is 0.0795. The Morgan fingerprint density at radius 1 is 0.739 bits per heavy atom. The zero-order valence-corrected chi connectivity index (χ0v) is 12.9. The van der Waals surface area contributed by atoms with Crippen LogP contribution in [-0.4, -0.2) is 23.9 Å². The molecule has 23 heavy (non-hydrogen) atoms. The van der Waals surface area contributed by atoms with Gasteiger partial charge in [0.1, 0.15) is 0 Å². The highest BCUT2D eigenvalue weighted by atomic mass is 16.2. The van der Waals surface area contributed by atoms with Crippen LogP contribution in [0.2, 0.25) is 0 Å². The van der Waals surface area contributed by atoms with Gasteiger partial charge in [-0.15, -0.1) is 0 Å². The van der Waals surface area contributed by atoms with Gasteiger partial charge in [0, 0.05) is 18.7 Å². The average molecular weight is 299 g/mol. The molecule has 2 nitrogen and oxygen atoms in total. The Bertz CT molecular complexity index is 1030. The molecule has 0 spiro atoms. The summed E-state index contributed by atoms with van der Waals surface area (Å²) >= 11 is 0. The highest BCUT2D eigenvalue weighted by molar-refractivity contribution is 6.26. The van der Waals surface area contributed by atoms with E-state index in [0.717, 1.165) is 36.9 Å². The fourth-order valence-corrected chi connectivity index (χ4v) is 4.01. The van der Waals surface area contributed by atoms with E-state index >= 15 is 0 Å². The van der Waals surface area contributed by atoms with Crippen molar-refractivity contribution >= 4 is 38.2 Å². The van der Waals surface area contributed by atoms with Gasteiger partial charge in [-0.05, 0) is 51.2 Å². The lowest BCUT2D eigenvalue weighted by Gasteiger charge is -2.18. The summed E-state index contributed by atoms with van der Waals surface area (Å²) in [5, 5.41) is 7.29. The van der Waals surface area contributed by atoms with Gasteiger partial charge in [-0.25, -0.2) is 0 Å². The number of carbonyl (C=O) groups excluding carboxylic acids is 1. The maximum atomic E-state index is 12.9. The monoisotopic (exact) mass is 299 g/mol. The van der Waals surface area contributed by atoms with Crippen molar-refractivity contribution in [3.8, 4) is 0 Å². The summed E-state index contributed by atoms with van der Waals surface area (Å²) in [6.07, 6.45) is 2.25. The Morgan fingerprint density at radius 3 is 2.09 bits per heavy atom. The highest BCUT2D eigenvalue weighted by Gasteiger charge is 2.22. The molecule has 5 rings (SSSR count). The molecule has 0 aromatic heterocycles. The van der Waals surface area contributed by atoms with Crippen molar-refractivity contribution < 1.29 is 4.79 Å². The second-order valence-electron chi connectivity index (χ2n) is 6.47. The second-order valence-corrected chi connectivity index (χ2v) is 6.47. The van der Waals surface area contributed by atoms with E-state index in [1.807, 2.05) is 11.0 Å². The first-order chi connectivity index (χ1) is 11.3. The third kappa shape index (κ3) is 1.78. The Balaban J connectivity index is 1.85. The minimum Gasteiger partial charge on any atom is -0.339 e. The molecule has 1 saturated heterocycles. The second kappa shape index (κ2) is 4.69. The third-order valence-electron chi connectivity index (χ3n) is 5.15. The SMILES string of the molecule is O=C(c1ccc2ccc3cccc4ccc1c2c34)N1CCCC1. The van der Waals surface area contributed by atoms with E-state index < -0.39 is 0 Å². The fourth-order valence-electron chi connectivity index (χ4n) is 4.01. The van der Waals surface area contributed by atoms with E-state index in [4.69, 9.17) is 0 Å². The van der Waals surface area contributed by atoms with Gasteiger partial charge in [0.25, 0.3) is 5.91 Å². The summed E-state index contributed by atoms with van der Waals surface area (Å²) in [6.45, 7) is 1.78. The van der Waals surface area contributed by atoms with Crippen LogP contribution >= 0.6 is 0 Å². The average Bonchev–Trinajstić information content (AvgIpc) is 3.13. The molecule has 0 aliphatic carbocycles. The largest absolute Gasteiger partial charge is 0.339 e. The molecule has 0 saturated carbocycles. The molecule has 1 aliphatic rings. The number of rotatable bonds is 1. The van der Waals surface area contributed by atoms with Crippen molar-refractivity contribution in [2.45, 2.75) is 12.8 Å². The van der Waals surface area contributed by atoms with Crippen LogP contribution in [0.25, 0.3) is 32.3 Å². The molecule has 0 unspecified atom stereocenters. The van der Waals surface area contributed by atoms with Gasteiger partial charge >= 0.3 is 0 Å². The van der Waals surface area contributed by atoms with Gasteiger partial charge in [0.2, 0.25) is 0 Å². The topological polar surface area (TPSA) is 20.3 Å². The van der Waals surface area contributed by atoms with Crippen LogP contribution in [0.3, 0.4) is 0 Å². The van der Waals surface area contributed by atoms with Crippen LogP contribution in [0, 0.1) is 0 Å². The first-order valence-electron chi connectivity index (χ1n) is 8.29. The van der Waals surface area contributed by atoms with E-state index in [1.54, 1.807) is 0 Å². The first-order valence-corrected chi connectivity index (χ1v) is 8.29. The number of carbonyl (C=O) groups is 1. The molecule has 1 aliphatic heterocycles. The molecule has 2 heteroatoms. The van der Waals surface area contributed by atoms with Crippen LogP contribution in [0.15, 0.2) is 54.6 Å². The lowest BCUT2D eigenvalue weighted by Crippen LogP contribution is -2.27. The summed E-state index contributed by atoms with van der Waals surface area (Å²) in [4.78, 5) is 14.9. The Morgan fingerprint density at radius 2 is 1.35 bits per heavy atom. The summed E-state index contributed by atoms with van der Waals surface area (Å²) in [6, 6.07) is 19.1. The van der Waals surface area contributed by atoms with E-state index in [1.165, 1.54) is 26.9 Å². The van der Waals surface area contributed by atoms with Crippen LogP contribution in [0.1, 0.15) is 23.2 Å². The molecule has 0 atom stereocenters. The van der Waals surface area contributed by atoms with E-state index in [9.17, 15) is 4.79 Å². The number of benzene rings is 4. The van der Waals surface area contributed by atoms with E-state index in [-0.39, 0.29) is 5.91 Å². The van der Waals surface area contributed by atoms with Crippen molar-refractivity contribution in [1.82, 2.24) is 4.90 Å². The lowest BCUT2D eigenvalue weighted by atomic mass is 9.91. The molecule has 112 valence electrons. The Hall–Kier alpha value is -2.61. The fraction of sp³-hybridized carbons (Fsp3) is 0.190. The van der Waals surface area contributed by atoms with Gasteiger partial charge in [-0.3, -0.25) is 4.79 Å². The minimum atomic E-state index is 0.181. The predicted molar refractivity (Wildman–Crippen MR) is 95.3 cm³/mol. The van der Waals surface area contributed by atoms with Crippen molar-refractivity contribution in [3.63, 3.8) is 0 Å². The molecule has 4 aromatic rings. The standard InChI is InChI=1S/C21H17NO/c23-21(22-12-1-2-13-22)18-11-9-16-7-6-14-4-3-5-15-8-10-17(18)20(16)19(14)15/h3-11H,1-2,12-13H2. The molecule has 1 heterocycles. The van der Waals surface area contributed by atoms with Crippen molar-refractivity contribution in [2.24, 2.45) is 0 Å². The highest BCUT2D eigenvalue weighted by Crippen LogP contribution is 2.36. The quantitative estimate of drug-likeness (QED) is 0.461. The van der Waals surface area contributed by atoms with Gasteiger partial charge < -0.3 is 4.90 Å². The maximum absolute atomic E-state index is 12.9. The van der Waals surface area contributed by atoms with Crippen molar-refractivity contribution in [2.75, 3.05) is 13.1 Å². The number of nitrogens with zero attached hydrogens (tertiary/aromatic N) is 1. The number of hydrogen-bond acceptors (Lipinski definition) is 1. The molecule has 4 aromatic carbocycles. The van der Waals surface area contributed by atoms with E-state index in [0.29, 0.717) is 0 Å². The summed E-state index contributed by atoms with van der Waals surface area (Å²) in [5.74, 6) is 0.181. The normalized spacial score (nSPS) is 15.2. The first kappa shape index (κ1) is 12.9. The van der Waals surface area contributed by atoms with Crippen molar-refractivity contribution in [1.29, 1.82) is 0 Å². The van der Waals surface area contributed by atoms with Gasteiger partial charge in [0.15, 0.2) is 0 Å². The number of amides is 1. The molecular weight excluding hydrogens is 282 g/mol. The van der Waals surface area contributed by atoms with Crippen LogP contribution in [0.4, 0.5) is 0 Å². The Kier molecular flexibility index (Phi) is 2.63. The minimum absolute atomic E-state index is 0.181. The van der Waals surface area contributed by atoms with Crippen LogP contribution < -0.4 is 0 Å². The smallest absolute Gasteiger partial charge is 0.254 e. The number of likely N-dealkylation sites (tertiary alicyclic amines) is 1. The van der Waals surface area contributed by atoms with Gasteiger partial charge in [-0.2, -0.15) is 0 Å². The third-order valence-corrected chi connectivity index (χ3v) is 5.15.